The van der Waals surface area contributed by atoms with Crippen molar-refractivity contribution in [2.75, 3.05) is 0 Å². The third-order valence-corrected chi connectivity index (χ3v) is 2.51. The molecule has 0 aliphatic rings. The topological polar surface area (TPSA) is 103 Å². The SMILES string of the molecule is Cn1nnc(CNC(=O)c2ccc3nncn3c2)n1. The van der Waals surface area contributed by atoms with Gasteiger partial charge in [0.15, 0.2) is 11.5 Å². The highest BCUT2D eigenvalue weighted by Gasteiger charge is 2.08. The van der Waals surface area contributed by atoms with Crippen LogP contribution in [0.3, 0.4) is 0 Å². The lowest BCUT2D eigenvalue weighted by atomic mass is 10.2. The molecule has 19 heavy (non-hydrogen) atoms. The number of carbonyl (C=O) groups is 1. The number of hydrogen-bond acceptors (Lipinski definition) is 6. The summed E-state index contributed by atoms with van der Waals surface area (Å²) in [6.07, 6.45) is 3.20. The number of fused-ring (bicyclic) bond motifs is 1. The minimum Gasteiger partial charge on any atom is -0.345 e. The molecule has 1 amide bonds. The average Bonchev–Trinajstić information content (AvgIpc) is 3.03. The summed E-state index contributed by atoms with van der Waals surface area (Å²) < 4.78 is 1.68. The van der Waals surface area contributed by atoms with Crippen LogP contribution in [0.4, 0.5) is 0 Å². The normalized spacial score (nSPS) is 10.8. The number of aromatic nitrogens is 7. The number of rotatable bonds is 3. The molecule has 0 aliphatic carbocycles. The Morgan fingerprint density at radius 1 is 1.37 bits per heavy atom. The highest BCUT2D eigenvalue weighted by atomic mass is 16.1. The van der Waals surface area contributed by atoms with E-state index in [4.69, 9.17) is 0 Å². The fourth-order valence-corrected chi connectivity index (χ4v) is 1.62. The Morgan fingerprint density at radius 2 is 2.26 bits per heavy atom. The van der Waals surface area contributed by atoms with E-state index in [1.807, 2.05) is 0 Å². The molecule has 3 aromatic rings. The minimum absolute atomic E-state index is 0.219. The van der Waals surface area contributed by atoms with Gasteiger partial charge in [0.25, 0.3) is 5.91 Å². The second-order valence-corrected chi connectivity index (χ2v) is 3.89. The van der Waals surface area contributed by atoms with Gasteiger partial charge in [0.2, 0.25) is 0 Å². The molecule has 96 valence electrons. The predicted octanol–water partition coefficient (Wildman–Crippen LogP) is -0.817. The Hall–Kier alpha value is -2.84. The Labute approximate surface area is 107 Å². The second-order valence-electron chi connectivity index (χ2n) is 3.89. The van der Waals surface area contributed by atoms with Crippen molar-refractivity contribution >= 4 is 11.6 Å². The van der Waals surface area contributed by atoms with Gasteiger partial charge in [-0.15, -0.1) is 20.4 Å². The number of nitrogens with one attached hydrogen (secondary N) is 1. The molecule has 0 spiro atoms. The molecule has 3 rings (SSSR count). The lowest BCUT2D eigenvalue weighted by Gasteiger charge is -2.02. The first-order chi connectivity index (χ1) is 9.22. The largest absolute Gasteiger partial charge is 0.345 e. The van der Waals surface area contributed by atoms with Crippen LogP contribution in [-0.2, 0) is 13.6 Å². The zero-order chi connectivity index (χ0) is 13.2. The summed E-state index contributed by atoms with van der Waals surface area (Å²) in [6, 6.07) is 3.41. The summed E-state index contributed by atoms with van der Waals surface area (Å²) in [4.78, 5) is 13.3. The first kappa shape index (κ1) is 11.3. The summed E-state index contributed by atoms with van der Waals surface area (Å²) in [6.45, 7) is 0.229. The van der Waals surface area contributed by atoms with E-state index in [1.165, 1.54) is 11.1 Å². The van der Waals surface area contributed by atoms with Gasteiger partial charge in [0.05, 0.1) is 19.2 Å². The molecule has 0 fully saturated rings. The molecule has 0 bridgehead atoms. The highest BCUT2D eigenvalue weighted by molar-refractivity contribution is 5.94. The number of aryl methyl sites for hydroxylation is 1. The smallest absolute Gasteiger partial charge is 0.253 e. The highest BCUT2D eigenvalue weighted by Crippen LogP contribution is 2.03. The van der Waals surface area contributed by atoms with Crippen molar-refractivity contribution in [1.82, 2.24) is 40.1 Å². The Kier molecular flexibility index (Phi) is 2.63. The van der Waals surface area contributed by atoms with E-state index in [2.05, 4.69) is 30.9 Å². The number of pyridine rings is 1. The number of nitrogens with zero attached hydrogens (tertiary/aromatic N) is 7. The molecule has 0 saturated carbocycles. The monoisotopic (exact) mass is 258 g/mol. The Balaban J connectivity index is 1.72. The van der Waals surface area contributed by atoms with Crippen LogP contribution >= 0.6 is 0 Å². The van der Waals surface area contributed by atoms with Crippen LogP contribution in [0.5, 0.6) is 0 Å². The molecule has 0 atom stereocenters. The van der Waals surface area contributed by atoms with Crippen LogP contribution < -0.4 is 5.32 Å². The van der Waals surface area contributed by atoms with Crippen LogP contribution in [0.15, 0.2) is 24.7 Å². The molecular formula is C10H10N8O. The van der Waals surface area contributed by atoms with Crippen molar-refractivity contribution in [2.24, 2.45) is 7.05 Å². The van der Waals surface area contributed by atoms with Gasteiger partial charge in [-0.2, -0.15) is 4.80 Å². The first-order valence-corrected chi connectivity index (χ1v) is 5.53. The molecular weight excluding hydrogens is 248 g/mol. The minimum atomic E-state index is -0.219. The van der Waals surface area contributed by atoms with E-state index in [1.54, 1.807) is 29.8 Å². The van der Waals surface area contributed by atoms with Crippen LogP contribution in [0, 0.1) is 0 Å². The lowest BCUT2D eigenvalue weighted by molar-refractivity contribution is 0.0949. The summed E-state index contributed by atoms with van der Waals surface area (Å²) >= 11 is 0. The van der Waals surface area contributed by atoms with E-state index in [0.29, 0.717) is 17.0 Å². The zero-order valence-electron chi connectivity index (χ0n) is 10.1. The van der Waals surface area contributed by atoms with Crippen molar-refractivity contribution in [1.29, 1.82) is 0 Å². The van der Waals surface area contributed by atoms with Crippen molar-refractivity contribution in [2.45, 2.75) is 6.54 Å². The van der Waals surface area contributed by atoms with Crippen molar-refractivity contribution in [3.63, 3.8) is 0 Å². The van der Waals surface area contributed by atoms with Gasteiger partial charge >= 0.3 is 0 Å². The maximum Gasteiger partial charge on any atom is 0.253 e. The molecule has 0 saturated heterocycles. The van der Waals surface area contributed by atoms with Gasteiger partial charge < -0.3 is 5.32 Å². The van der Waals surface area contributed by atoms with Gasteiger partial charge in [-0.1, -0.05) is 0 Å². The number of tetrazole rings is 1. The average molecular weight is 258 g/mol. The van der Waals surface area contributed by atoms with Crippen molar-refractivity contribution < 1.29 is 4.79 Å². The maximum absolute atomic E-state index is 11.9. The van der Waals surface area contributed by atoms with Crippen LogP contribution in [0.2, 0.25) is 0 Å². The lowest BCUT2D eigenvalue weighted by Crippen LogP contribution is -2.23. The van der Waals surface area contributed by atoms with Crippen molar-refractivity contribution in [3.05, 3.63) is 36.0 Å². The third kappa shape index (κ3) is 2.25. The Morgan fingerprint density at radius 3 is 3.05 bits per heavy atom. The van der Waals surface area contributed by atoms with Crippen molar-refractivity contribution in [3.8, 4) is 0 Å². The molecule has 0 aliphatic heterocycles. The van der Waals surface area contributed by atoms with Gasteiger partial charge in [0, 0.05) is 6.20 Å². The molecule has 3 heterocycles. The van der Waals surface area contributed by atoms with Crippen LogP contribution in [0.25, 0.3) is 5.65 Å². The van der Waals surface area contributed by atoms with E-state index in [9.17, 15) is 4.79 Å². The molecule has 9 heteroatoms. The molecule has 9 nitrogen and oxygen atoms in total. The van der Waals surface area contributed by atoms with Crippen LogP contribution in [0.1, 0.15) is 16.2 Å². The fourth-order valence-electron chi connectivity index (χ4n) is 1.62. The number of carbonyl (C=O) groups excluding carboxylic acids is 1. The zero-order valence-corrected chi connectivity index (χ0v) is 10.1. The molecule has 1 N–H and O–H groups in total. The van der Waals surface area contributed by atoms with E-state index < -0.39 is 0 Å². The maximum atomic E-state index is 11.9. The summed E-state index contributed by atoms with van der Waals surface area (Å²) in [5.41, 5.74) is 1.20. The molecule has 0 unspecified atom stereocenters. The molecule has 0 aromatic carbocycles. The third-order valence-electron chi connectivity index (χ3n) is 2.51. The van der Waals surface area contributed by atoms with Gasteiger partial charge in [-0.05, 0) is 17.3 Å². The summed E-state index contributed by atoms with van der Waals surface area (Å²) in [5.74, 6) is 0.240. The first-order valence-electron chi connectivity index (χ1n) is 5.53. The fraction of sp³-hybridized carbons (Fsp3) is 0.200. The van der Waals surface area contributed by atoms with Gasteiger partial charge in [0.1, 0.15) is 6.33 Å². The van der Waals surface area contributed by atoms with E-state index >= 15 is 0 Å². The number of amides is 1. The van der Waals surface area contributed by atoms with Gasteiger partial charge in [-0.25, -0.2) is 0 Å². The molecule has 0 radical (unpaired) electrons. The summed E-state index contributed by atoms with van der Waals surface area (Å²) in [7, 11) is 1.66. The van der Waals surface area contributed by atoms with E-state index in [-0.39, 0.29) is 12.5 Å². The van der Waals surface area contributed by atoms with E-state index in [0.717, 1.165) is 0 Å². The van der Waals surface area contributed by atoms with Gasteiger partial charge in [-0.3, -0.25) is 9.20 Å². The quantitative estimate of drug-likeness (QED) is 0.658. The standard InChI is InChI=1S/C10H10N8O/c1-17-15-8(13-16-17)4-11-10(19)7-2-3-9-14-12-6-18(9)5-7/h2-3,5-6H,4H2,1H3,(H,11,19). The van der Waals surface area contributed by atoms with Crippen LogP contribution in [-0.4, -0.2) is 40.7 Å². The Bertz CT molecular complexity index is 730. The second kappa shape index (κ2) is 4.44. The summed E-state index contributed by atoms with van der Waals surface area (Å²) in [5, 5.41) is 21.8. The predicted molar refractivity (Wildman–Crippen MR) is 63.0 cm³/mol. The molecule has 3 aromatic heterocycles. The number of hydrogen-bond donors (Lipinski definition) is 1.